The summed E-state index contributed by atoms with van der Waals surface area (Å²) >= 11 is 1.40. The van der Waals surface area contributed by atoms with E-state index in [9.17, 15) is 4.79 Å². The van der Waals surface area contributed by atoms with Gasteiger partial charge in [0.25, 0.3) is 0 Å². The minimum atomic E-state index is 0.00715. The van der Waals surface area contributed by atoms with Crippen LogP contribution >= 0.6 is 11.3 Å². The first kappa shape index (κ1) is 15.3. The highest BCUT2D eigenvalue weighted by atomic mass is 32.1. The van der Waals surface area contributed by atoms with Crippen LogP contribution in [0.1, 0.15) is 52.0 Å². The van der Waals surface area contributed by atoms with Crippen LogP contribution in [0.25, 0.3) is 16.0 Å². The van der Waals surface area contributed by atoms with Gasteiger partial charge in [-0.2, -0.15) is 5.10 Å². The number of pyridine rings is 1. The number of ketones is 1. The summed E-state index contributed by atoms with van der Waals surface area (Å²) < 4.78 is 1.93. The minimum Gasteiger partial charge on any atom is -0.397 e. The molecule has 0 bridgehead atoms. The molecular weight excluding hydrogens is 320 g/mol. The lowest BCUT2D eigenvalue weighted by molar-refractivity contribution is 0.102. The van der Waals surface area contributed by atoms with E-state index in [2.05, 4.69) is 11.2 Å². The number of aryl methyl sites for hydroxylation is 3. The zero-order valence-electron chi connectivity index (χ0n) is 14.1. The minimum absolute atomic E-state index is 0.00715. The van der Waals surface area contributed by atoms with Gasteiger partial charge < -0.3 is 5.73 Å². The smallest absolute Gasteiger partial charge is 0.171 e. The van der Waals surface area contributed by atoms with Gasteiger partial charge in [0.2, 0.25) is 0 Å². The van der Waals surface area contributed by atoms with Gasteiger partial charge in [0.05, 0.1) is 16.3 Å². The van der Waals surface area contributed by atoms with Crippen molar-refractivity contribution in [2.75, 3.05) is 5.73 Å². The Balaban J connectivity index is 2.08. The van der Waals surface area contributed by atoms with Gasteiger partial charge in [-0.25, -0.2) is 9.67 Å². The van der Waals surface area contributed by atoms with Crippen molar-refractivity contribution in [3.8, 4) is 5.82 Å². The van der Waals surface area contributed by atoms with E-state index in [-0.39, 0.29) is 5.78 Å². The average molecular weight is 340 g/mol. The van der Waals surface area contributed by atoms with Gasteiger partial charge in [-0.05, 0) is 51.2 Å². The van der Waals surface area contributed by atoms with E-state index in [0.717, 1.165) is 53.1 Å². The third-order valence-electron chi connectivity index (χ3n) is 4.70. The third-order valence-corrected chi connectivity index (χ3v) is 5.90. The van der Waals surface area contributed by atoms with Crippen molar-refractivity contribution in [1.82, 2.24) is 14.8 Å². The summed E-state index contributed by atoms with van der Waals surface area (Å²) in [7, 11) is 0. The zero-order valence-corrected chi connectivity index (χ0v) is 15.0. The Morgan fingerprint density at radius 3 is 2.58 bits per heavy atom. The molecule has 3 aromatic heterocycles. The maximum atomic E-state index is 11.9. The number of nitrogen functional groups attached to an aromatic ring is 1. The molecule has 0 unspecified atom stereocenters. The van der Waals surface area contributed by atoms with Crippen molar-refractivity contribution in [1.29, 1.82) is 0 Å². The molecule has 0 atom stereocenters. The van der Waals surface area contributed by atoms with Crippen molar-refractivity contribution >= 4 is 33.0 Å². The molecule has 0 saturated heterocycles. The second-order valence-electron chi connectivity index (χ2n) is 6.52. The van der Waals surface area contributed by atoms with Gasteiger partial charge in [-0.1, -0.05) is 0 Å². The third kappa shape index (κ3) is 2.17. The molecule has 1 aliphatic rings. The van der Waals surface area contributed by atoms with Crippen LogP contribution in [0.2, 0.25) is 0 Å². The van der Waals surface area contributed by atoms with Crippen LogP contribution in [0.3, 0.4) is 0 Å². The standard InChI is InChI=1S/C18H20N4OS/c1-9-8-10(2)22(21-9)17-13-7-5-4-6-12(13)14-15(19)16(11(3)23)24-18(14)20-17/h8H,4-7,19H2,1-3H3. The van der Waals surface area contributed by atoms with Crippen molar-refractivity contribution in [2.24, 2.45) is 0 Å². The van der Waals surface area contributed by atoms with Gasteiger partial charge >= 0.3 is 0 Å². The van der Waals surface area contributed by atoms with E-state index in [0.29, 0.717) is 10.6 Å². The monoisotopic (exact) mass is 340 g/mol. The highest BCUT2D eigenvalue weighted by Crippen LogP contribution is 2.40. The quantitative estimate of drug-likeness (QED) is 0.721. The molecule has 6 heteroatoms. The summed E-state index contributed by atoms with van der Waals surface area (Å²) in [5, 5.41) is 5.61. The van der Waals surface area contributed by atoms with Crippen molar-refractivity contribution < 1.29 is 4.79 Å². The maximum absolute atomic E-state index is 11.9. The molecule has 0 spiro atoms. The lowest BCUT2D eigenvalue weighted by Gasteiger charge is -2.20. The van der Waals surface area contributed by atoms with Gasteiger partial charge in [0, 0.05) is 23.6 Å². The highest BCUT2D eigenvalue weighted by molar-refractivity contribution is 7.21. The summed E-state index contributed by atoms with van der Waals surface area (Å²) in [6.45, 7) is 5.60. The lowest BCUT2D eigenvalue weighted by Crippen LogP contribution is -2.13. The summed E-state index contributed by atoms with van der Waals surface area (Å²) in [6, 6.07) is 2.06. The second-order valence-corrected chi connectivity index (χ2v) is 7.52. The molecule has 1 aliphatic carbocycles. The summed E-state index contributed by atoms with van der Waals surface area (Å²) in [4.78, 5) is 18.3. The van der Waals surface area contributed by atoms with E-state index in [1.165, 1.54) is 22.5 Å². The van der Waals surface area contributed by atoms with Crippen LogP contribution in [0.15, 0.2) is 6.07 Å². The number of rotatable bonds is 2. The van der Waals surface area contributed by atoms with E-state index >= 15 is 0 Å². The molecule has 3 heterocycles. The second kappa shape index (κ2) is 5.41. The van der Waals surface area contributed by atoms with Crippen molar-refractivity contribution in [2.45, 2.75) is 46.5 Å². The Hall–Kier alpha value is -2.21. The topological polar surface area (TPSA) is 73.8 Å². The van der Waals surface area contributed by atoms with E-state index in [4.69, 9.17) is 10.7 Å². The molecular formula is C18H20N4OS. The Labute approximate surface area is 144 Å². The number of aromatic nitrogens is 3. The van der Waals surface area contributed by atoms with Crippen molar-refractivity contribution in [3.05, 3.63) is 33.5 Å². The molecule has 2 N–H and O–H groups in total. The molecule has 0 aromatic carbocycles. The van der Waals surface area contributed by atoms with Gasteiger partial charge in [-0.3, -0.25) is 4.79 Å². The van der Waals surface area contributed by atoms with Crippen LogP contribution in [-0.2, 0) is 12.8 Å². The molecule has 0 radical (unpaired) electrons. The molecule has 3 aromatic rings. The van der Waals surface area contributed by atoms with E-state index < -0.39 is 0 Å². The number of fused-ring (bicyclic) bond motifs is 3. The number of hydrogen-bond acceptors (Lipinski definition) is 5. The van der Waals surface area contributed by atoms with Gasteiger partial charge in [0.1, 0.15) is 4.83 Å². The molecule has 124 valence electrons. The van der Waals surface area contributed by atoms with Crippen LogP contribution in [-0.4, -0.2) is 20.5 Å². The summed E-state index contributed by atoms with van der Waals surface area (Å²) in [5.74, 6) is 0.909. The van der Waals surface area contributed by atoms with E-state index in [1.54, 1.807) is 6.92 Å². The summed E-state index contributed by atoms with van der Waals surface area (Å²) in [6.07, 6.45) is 4.26. The number of nitrogens with two attached hydrogens (primary N) is 1. The molecule has 5 nitrogen and oxygen atoms in total. The Morgan fingerprint density at radius 1 is 1.25 bits per heavy atom. The number of thiophene rings is 1. The zero-order chi connectivity index (χ0) is 17.0. The fraction of sp³-hybridized carbons (Fsp3) is 0.389. The van der Waals surface area contributed by atoms with Crippen LogP contribution in [0.5, 0.6) is 0 Å². The van der Waals surface area contributed by atoms with Crippen molar-refractivity contribution in [3.63, 3.8) is 0 Å². The van der Waals surface area contributed by atoms with Gasteiger partial charge in [-0.15, -0.1) is 11.3 Å². The van der Waals surface area contributed by atoms with Gasteiger partial charge in [0.15, 0.2) is 11.6 Å². The SMILES string of the molecule is CC(=O)c1sc2nc(-n3nc(C)cc3C)c3c(c2c1N)CCCC3. The fourth-order valence-electron chi connectivity index (χ4n) is 3.67. The Kier molecular flexibility index (Phi) is 3.46. The lowest BCUT2D eigenvalue weighted by atomic mass is 9.90. The number of hydrogen-bond donors (Lipinski definition) is 1. The first-order valence-corrected chi connectivity index (χ1v) is 9.07. The highest BCUT2D eigenvalue weighted by Gasteiger charge is 2.25. The normalized spacial score (nSPS) is 14.1. The number of Topliss-reactive ketones (excluding diaryl/α,β-unsaturated/α-hetero) is 1. The number of carbonyl (C=O) groups excluding carboxylic acids is 1. The first-order valence-electron chi connectivity index (χ1n) is 8.25. The molecule has 0 aliphatic heterocycles. The Morgan fingerprint density at radius 2 is 1.96 bits per heavy atom. The van der Waals surface area contributed by atoms with E-state index in [1.807, 2.05) is 18.5 Å². The fourth-order valence-corrected chi connectivity index (χ4v) is 4.69. The Bertz CT molecular complexity index is 983. The van der Waals surface area contributed by atoms with Crippen LogP contribution < -0.4 is 5.73 Å². The van der Waals surface area contributed by atoms with Crippen LogP contribution in [0.4, 0.5) is 5.69 Å². The first-order chi connectivity index (χ1) is 11.5. The number of carbonyl (C=O) groups is 1. The molecule has 0 amide bonds. The van der Waals surface area contributed by atoms with Crippen LogP contribution in [0, 0.1) is 13.8 Å². The number of anilines is 1. The number of nitrogens with zero attached hydrogens (tertiary/aromatic N) is 3. The maximum Gasteiger partial charge on any atom is 0.171 e. The molecule has 0 saturated carbocycles. The molecule has 4 rings (SSSR count). The molecule has 24 heavy (non-hydrogen) atoms. The predicted molar refractivity (Wildman–Crippen MR) is 97.3 cm³/mol. The largest absolute Gasteiger partial charge is 0.397 e. The summed E-state index contributed by atoms with van der Waals surface area (Å²) in [5.41, 5.74) is 11.5. The average Bonchev–Trinajstić information content (AvgIpc) is 3.06. The predicted octanol–water partition coefficient (Wildman–Crippen LogP) is 3.76. The molecule has 0 fully saturated rings.